The maximum atomic E-state index is 13.4. The number of carbonyl (C=O) groups is 2. The van der Waals surface area contributed by atoms with Gasteiger partial charge in [0.2, 0.25) is 0 Å². The number of rotatable bonds is 6. The minimum absolute atomic E-state index is 0.0730. The molecule has 0 N–H and O–H groups in total. The lowest BCUT2D eigenvalue weighted by molar-refractivity contribution is 0.0296. The number of nitrogens with zero attached hydrogens (tertiary/aromatic N) is 6. The van der Waals surface area contributed by atoms with Gasteiger partial charge in [0.15, 0.2) is 5.69 Å². The van der Waals surface area contributed by atoms with Crippen LogP contribution in [0.4, 0.5) is 0 Å². The van der Waals surface area contributed by atoms with Crippen molar-refractivity contribution in [1.82, 2.24) is 29.4 Å². The summed E-state index contributed by atoms with van der Waals surface area (Å²) in [5, 5.41) is 8.93. The van der Waals surface area contributed by atoms with Crippen molar-refractivity contribution < 1.29 is 14.3 Å². The lowest BCUT2D eigenvalue weighted by Crippen LogP contribution is -2.42. The Bertz CT molecular complexity index is 1160. The van der Waals surface area contributed by atoms with Crippen molar-refractivity contribution in [2.24, 2.45) is 7.05 Å². The number of morpholine rings is 1. The van der Waals surface area contributed by atoms with E-state index in [0.717, 1.165) is 30.6 Å². The summed E-state index contributed by atoms with van der Waals surface area (Å²) in [4.78, 5) is 30.2. The number of hydrogen-bond donors (Lipinski definition) is 0. The highest BCUT2D eigenvalue weighted by atomic mass is 16.5. The zero-order valence-corrected chi connectivity index (χ0v) is 19.5. The van der Waals surface area contributed by atoms with E-state index in [1.165, 1.54) is 5.56 Å². The van der Waals surface area contributed by atoms with Crippen LogP contribution in [-0.4, -0.2) is 74.0 Å². The molecule has 0 aliphatic carbocycles. The van der Waals surface area contributed by atoms with E-state index in [0.29, 0.717) is 57.2 Å². The molecule has 4 heterocycles. The molecule has 9 nitrogen and oxygen atoms in total. The van der Waals surface area contributed by atoms with Crippen LogP contribution in [-0.2, 0) is 37.7 Å². The number of benzene rings is 1. The molecule has 0 unspecified atom stereocenters. The van der Waals surface area contributed by atoms with Crippen molar-refractivity contribution in [1.29, 1.82) is 0 Å². The van der Waals surface area contributed by atoms with E-state index in [1.54, 1.807) is 28.9 Å². The van der Waals surface area contributed by atoms with Crippen LogP contribution in [0.15, 0.2) is 42.6 Å². The van der Waals surface area contributed by atoms with Gasteiger partial charge in [0.05, 0.1) is 19.8 Å². The van der Waals surface area contributed by atoms with Crippen LogP contribution < -0.4 is 0 Å². The maximum absolute atomic E-state index is 13.4. The van der Waals surface area contributed by atoms with Crippen LogP contribution in [0.25, 0.3) is 0 Å². The number of aromatic nitrogens is 4. The second kappa shape index (κ2) is 9.80. The van der Waals surface area contributed by atoms with E-state index in [9.17, 15) is 9.59 Å². The molecule has 2 aliphatic rings. The Hall–Kier alpha value is -3.46. The summed E-state index contributed by atoms with van der Waals surface area (Å²) in [7, 11) is 1.76. The molecule has 2 aliphatic heterocycles. The number of fused-ring (bicyclic) bond motifs is 1. The normalized spacial score (nSPS) is 15.9. The van der Waals surface area contributed by atoms with Crippen molar-refractivity contribution in [3.8, 4) is 0 Å². The first-order valence-electron chi connectivity index (χ1n) is 11.9. The van der Waals surface area contributed by atoms with Crippen molar-refractivity contribution in [3.63, 3.8) is 0 Å². The average Bonchev–Trinajstić information content (AvgIpc) is 3.47. The molecule has 1 saturated heterocycles. The Labute approximate surface area is 198 Å². The van der Waals surface area contributed by atoms with E-state index in [-0.39, 0.29) is 11.8 Å². The fourth-order valence-electron chi connectivity index (χ4n) is 4.76. The Morgan fingerprint density at radius 2 is 1.79 bits per heavy atom. The number of aryl methyl sites for hydroxylation is 3. The summed E-state index contributed by atoms with van der Waals surface area (Å²) >= 11 is 0. The van der Waals surface area contributed by atoms with Crippen molar-refractivity contribution in [3.05, 3.63) is 70.8 Å². The molecule has 5 rings (SSSR count). The van der Waals surface area contributed by atoms with E-state index in [4.69, 9.17) is 9.84 Å². The third-order valence-corrected chi connectivity index (χ3v) is 6.64. The van der Waals surface area contributed by atoms with E-state index >= 15 is 0 Å². The van der Waals surface area contributed by atoms with Gasteiger partial charge in [0.1, 0.15) is 5.69 Å². The van der Waals surface area contributed by atoms with Gasteiger partial charge in [0, 0.05) is 57.1 Å². The van der Waals surface area contributed by atoms with Crippen molar-refractivity contribution >= 4 is 11.8 Å². The standard InChI is InChI=1S/C25H30N6O3/c1-28-22(9-11-26-28)24(32)30-13-10-21-20(18-30)23(25(33)29-14-16-34-17-15-29)27-31(21)12-5-8-19-6-3-2-4-7-19/h2-4,6-7,9,11H,5,8,10,12-18H2,1H3. The van der Waals surface area contributed by atoms with Gasteiger partial charge in [-0.25, -0.2) is 0 Å². The maximum Gasteiger partial charge on any atom is 0.274 e. The summed E-state index contributed by atoms with van der Waals surface area (Å²) in [5.41, 5.74) is 4.25. The monoisotopic (exact) mass is 462 g/mol. The minimum atomic E-state index is -0.0766. The zero-order valence-electron chi connectivity index (χ0n) is 19.5. The van der Waals surface area contributed by atoms with Crippen LogP contribution in [0.5, 0.6) is 0 Å². The molecule has 178 valence electrons. The highest BCUT2D eigenvalue weighted by molar-refractivity contribution is 5.95. The molecule has 0 atom stereocenters. The Morgan fingerprint density at radius 1 is 1.00 bits per heavy atom. The van der Waals surface area contributed by atoms with Gasteiger partial charge in [-0.3, -0.25) is 19.0 Å². The van der Waals surface area contributed by atoms with Crippen LogP contribution in [0, 0.1) is 0 Å². The third-order valence-electron chi connectivity index (χ3n) is 6.64. The molecule has 2 aromatic heterocycles. The van der Waals surface area contributed by atoms with Gasteiger partial charge in [0.25, 0.3) is 11.8 Å². The average molecular weight is 463 g/mol. The summed E-state index contributed by atoms with van der Waals surface area (Å²) in [6, 6.07) is 12.1. The van der Waals surface area contributed by atoms with E-state index in [2.05, 4.69) is 29.4 Å². The minimum Gasteiger partial charge on any atom is -0.378 e. The van der Waals surface area contributed by atoms with Gasteiger partial charge < -0.3 is 14.5 Å². The highest BCUT2D eigenvalue weighted by Crippen LogP contribution is 2.26. The van der Waals surface area contributed by atoms with Gasteiger partial charge >= 0.3 is 0 Å². The summed E-state index contributed by atoms with van der Waals surface area (Å²) in [6.07, 6.45) is 4.18. The number of ether oxygens (including phenoxy) is 1. The molecular weight excluding hydrogens is 432 g/mol. The molecule has 2 amide bonds. The summed E-state index contributed by atoms with van der Waals surface area (Å²) in [6.45, 7) is 3.91. The quantitative estimate of drug-likeness (QED) is 0.559. The smallest absolute Gasteiger partial charge is 0.274 e. The third kappa shape index (κ3) is 4.48. The van der Waals surface area contributed by atoms with Gasteiger partial charge in [-0.05, 0) is 24.5 Å². The molecule has 0 spiro atoms. The van der Waals surface area contributed by atoms with Crippen LogP contribution >= 0.6 is 0 Å². The molecule has 3 aromatic rings. The lowest BCUT2D eigenvalue weighted by Gasteiger charge is -2.29. The summed E-state index contributed by atoms with van der Waals surface area (Å²) < 4.78 is 9.00. The number of amides is 2. The molecule has 34 heavy (non-hydrogen) atoms. The fourth-order valence-corrected chi connectivity index (χ4v) is 4.76. The number of carbonyl (C=O) groups excluding carboxylic acids is 2. The molecule has 1 aromatic carbocycles. The predicted molar refractivity (Wildman–Crippen MR) is 125 cm³/mol. The number of hydrogen-bond acceptors (Lipinski definition) is 5. The molecule has 0 bridgehead atoms. The first-order chi connectivity index (χ1) is 16.6. The summed E-state index contributed by atoms with van der Waals surface area (Å²) in [5.74, 6) is -0.150. The van der Waals surface area contributed by atoms with Gasteiger partial charge in [-0.2, -0.15) is 10.2 Å². The predicted octanol–water partition coefficient (Wildman–Crippen LogP) is 1.92. The first kappa shape index (κ1) is 22.3. The van der Waals surface area contributed by atoms with Crippen LogP contribution in [0.3, 0.4) is 0 Å². The van der Waals surface area contributed by atoms with Gasteiger partial charge in [-0.1, -0.05) is 30.3 Å². The molecular formula is C25H30N6O3. The lowest BCUT2D eigenvalue weighted by atomic mass is 10.0. The molecule has 0 radical (unpaired) electrons. The second-order valence-corrected chi connectivity index (χ2v) is 8.81. The molecule has 9 heteroatoms. The second-order valence-electron chi connectivity index (χ2n) is 8.81. The van der Waals surface area contributed by atoms with Crippen molar-refractivity contribution in [2.45, 2.75) is 32.4 Å². The molecule has 1 fully saturated rings. The molecule has 0 saturated carbocycles. The Kier molecular flexibility index (Phi) is 6.44. The highest BCUT2D eigenvalue weighted by Gasteiger charge is 2.33. The van der Waals surface area contributed by atoms with E-state index in [1.807, 2.05) is 15.6 Å². The van der Waals surface area contributed by atoms with Crippen LogP contribution in [0.1, 0.15) is 44.2 Å². The topological polar surface area (TPSA) is 85.5 Å². The largest absolute Gasteiger partial charge is 0.378 e. The Balaban J connectivity index is 1.39. The van der Waals surface area contributed by atoms with Crippen molar-refractivity contribution in [2.75, 3.05) is 32.8 Å². The fraction of sp³-hybridized carbons (Fsp3) is 0.440. The SMILES string of the molecule is Cn1nccc1C(=O)N1CCc2c(c(C(=O)N3CCOCC3)nn2CCCc2ccccc2)C1. The Morgan fingerprint density at radius 3 is 2.53 bits per heavy atom. The zero-order chi connectivity index (χ0) is 23.5. The first-order valence-corrected chi connectivity index (χ1v) is 11.9. The van der Waals surface area contributed by atoms with Gasteiger partial charge in [-0.15, -0.1) is 0 Å². The van der Waals surface area contributed by atoms with E-state index < -0.39 is 0 Å². The van der Waals surface area contributed by atoms with Crippen LogP contribution in [0.2, 0.25) is 0 Å².